The molecule has 0 fully saturated rings. The van der Waals surface area contributed by atoms with Gasteiger partial charge >= 0.3 is 0 Å². The second-order valence-corrected chi connectivity index (χ2v) is 8.84. The fourth-order valence-electron chi connectivity index (χ4n) is 4.54. The molecule has 0 bridgehead atoms. The van der Waals surface area contributed by atoms with Gasteiger partial charge in [0.25, 0.3) is 0 Å². The number of rotatable bonds is 12. The quantitative estimate of drug-likeness (QED) is 0.259. The van der Waals surface area contributed by atoms with Gasteiger partial charge in [-0.25, -0.2) is 9.97 Å². The second kappa shape index (κ2) is 11.8. The predicted octanol–water partition coefficient (Wildman–Crippen LogP) is 6.41. The summed E-state index contributed by atoms with van der Waals surface area (Å²) in [6.07, 6.45) is 6.07. The van der Waals surface area contributed by atoms with Gasteiger partial charge in [0.15, 0.2) is 5.65 Å². The normalized spacial score (nSPS) is 12.3. The number of benzene rings is 2. The third kappa shape index (κ3) is 5.82. The molecule has 2 aromatic carbocycles. The highest BCUT2D eigenvalue weighted by molar-refractivity contribution is 6.02. The highest BCUT2D eigenvalue weighted by Crippen LogP contribution is 2.35. The van der Waals surface area contributed by atoms with E-state index in [0.717, 1.165) is 71.9 Å². The smallest absolute Gasteiger partial charge is 0.150 e. The Bertz CT molecular complexity index is 1200. The zero-order valence-corrected chi connectivity index (χ0v) is 21.4. The number of hydrogen-bond donors (Lipinski definition) is 1. The van der Waals surface area contributed by atoms with Crippen molar-refractivity contribution in [1.82, 2.24) is 19.4 Å². The molecule has 0 amide bonds. The van der Waals surface area contributed by atoms with Gasteiger partial charge in [0.1, 0.15) is 17.9 Å². The van der Waals surface area contributed by atoms with E-state index in [1.165, 1.54) is 0 Å². The van der Waals surface area contributed by atoms with Crippen LogP contribution in [0.5, 0.6) is 5.75 Å². The van der Waals surface area contributed by atoms with E-state index in [1.807, 2.05) is 25.1 Å². The maximum atomic E-state index is 5.63. The van der Waals surface area contributed by atoms with Crippen LogP contribution in [0.4, 0.5) is 5.82 Å². The number of anilines is 1. The first-order valence-electron chi connectivity index (χ1n) is 12.8. The fourth-order valence-corrected chi connectivity index (χ4v) is 4.54. The van der Waals surface area contributed by atoms with E-state index >= 15 is 0 Å². The Labute approximate surface area is 209 Å². The molecule has 1 atom stereocenters. The summed E-state index contributed by atoms with van der Waals surface area (Å²) in [6, 6.07) is 18.9. The Balaban J connectivity index is 1.68. The molecule has 0 aliphatic rings. The minimum Gasteiger partial charge on any atom is -0.494 e. The molecule has 6 nitrogen and oxygen atoms in total. The van der Waals surface area contributed by atoms with Gasteiger partial charge in [0, 0.05) is 23.5 Å². The van der Waals surface area contributed by atoms with E-state index in [2.05, 4.69) is 83.1 Å². The van der Waals surface area contributed by atoms with E-state index in [1.54, 1.807) is 6.33 Å². The van der Waals surface area contributed by atoms with Crippen molar-refractivity contribution in [3.8, 4) is 22.6 Å². The van der Waals surface area contributed by atoms with Gasteiger partial charge in [-0.1, -0.05) is 44.2 Å². The van der Waals surface area contributed by atoms with Gasteiger partial charge in [0.2, 0.25) is 0 Å². The largest absolute Gasteiger partial charge is 0.494 e. The Morgan fingerprint density at radius 3 is 2.40 bits per heavy atom. The van der Waals surface area contributed by atoms with Crippen molar-refractivity contribution >= 4 is 16.9 Å². The summed E-state index contributed by atoms with van der Waals surface area (Å²) in [5.74, 6) is 1.75. The third-order valence-electron chi connectivity index (χ3n) is 6.48. The van der Waals surface area contributed by atoms with Gasteiger partial charge in [-0.05, 0) is 76.2 Å². The first-order chi connectivity index (χ1) is 17.1. The van der Waals surface area contributed by atoms with Crippen LogP contribution in [-0.4, -0.2) is 51.7 Å². The highest BCUT2D eigenvalue weighted by Gasteiger charge is 2.18. The maximum Gasteiger partial charge on any atom is 0.150 e. The van der Waals surface area contributed by atoms with Crippen LogP contribution in [0.25, 0.3) is 27.8 Å². The maximum absolute atomic E-state index is 5.63. The number of ether oxygens (including phenoxy) is 1. The van der Waals surface area contributed by atoms with E-state index in [-0.39, 0.29) is 0 Å². The molecule has 1 N–H and O–H groups in total. The Morgan fingerprint density at radius 1 is 0.971 bits per heavy atom. The molecule has 0 saturated carbocycles. The molecule has 35 heavy (non-hydrogen) atoms. The lowest BCUT2D eigenvalue weighted by Crippen LogP contribution is -2.25. The molecule has 0 radical (unpaired) electrons. The second-order valence-electron chi connectivity index (χ2n) is 8.84. The molecule has 0 saturated heterocycles. The number of hydrogen-bond acceptors (Lipinski definition) is 5. The number of nitrogens with one attached hydrogen (secondary N) is 1. The van der Waals surface area contributed by atoms with Crippen LogP contribution in [0, 0.1) is 0 Å². The van der Waals surface area contributed by atoms with Crippen LogP contribution >= 0.6 is 0 Å². The standard InChI is InChI=1S/C29H37N5O/c1-5-33(6-2)19-11-12-22(4)32-28-27-26(23-13-9-8-10-14-23)20-34(29(27)31-21-30-28)24-15-17-25(18-16-24)35-7-3/h8-10,13-18,20-22H,5-7,11-12,19H2,1-4H3,(H,30,31,32)/t22-/m1/s1. The van der Waals surface area contributed by atoms with Crippen LogP contribution in [-0.2, 0) is 0 Å². The molecule has 4 rings (SSSR count). The molecule has 0 spiro atoms. The van der Waals surface area contributed by atoms with Gasteiger partial charge < -0.3 is 19.5 Å². The van der Waals surface area contributed by atoms with Crippen molar-refractivity contribution in [3.05, 3.63) is 67.1 Å². The lowest BCUT2D eigenvalue weighted by molar-refractivity contribution is 0.295. The van der Waals surface area contributed by atoms with E-state index < -0.39 is 0 Å². The van der Waals surface area contributed by atoms with Gasteiger partial charge in [-0.2, -0.15) is 0 Å². The SMILES string of the molecule is CCOc1ccc(-n2cc(-c3ccccc3)c3c(N[C@H](C)CCCN(CC)CC)ncnc32)cc1. The zero-order chi connectivity index (χ0) is 24.6. The van der Waals surface area contributed by atoms with E-state index in [9.17, 15) is 0 Å². The van der Waals surface area contributed by atoms with Gasteiger partial charge in [-0.3, -0.25) is 0 Å². The molecule has 6 heteroatoms. The Morgan fingerprint density at radius 2 is 1.71 bits per heavy atom. The molecule has 184 valence electrons. The first kappa shape index (κ1) is 24.7. The van der Waals surface area contributed by atoms with Crippen molar-refractivity contribution in [2.45, 2.75) is 46.6 Å². The predicted molar refractivity (Wildman–Crippen MR) is 146 cm³/mol. The summed E-state index contributed by atoms with van der Waals surface area (Å²) in [6.45, 7) is 12.7. The molecular formula is C29H37N5O. The van der Waals surface area contributed by atoms with Crippen LogP contribution < -0.4 is 10.1 Å². The lowest BCUT2D eigenvalue weighted by Gasteiger charge is -2.20. The molecule has 0 unspecified atom stereocenters. The molecular weight excluding hydrogens is 434 g/mol. The van der Waals surface area contributed by atoms with Crippen LogP contribution in [0.2, 0.25) is 0 Å². The lowest BCUT2D eigenvalue weighted by atomic mass is 10.1. The van der Waals surface area contributed by atoms with Crippen molar-refractivity contribution in [2.75, 3.05) is 31.6 Å². The molecule has 2 aromatic heterocycles. The van der Waals surface area contributed by atoms with Gasteiger partial charge in [-0.15, -0.1) is 0 Å². The van der Waals surface area contributed by atoms with Crippen LogP contribution in [0.3, 0.4) is 0 Å². The number of nitrogens with zero attached hydrogens (tertiary/aromatic N) is 4. The summed E-state index contributed by atoms with van der Waals surface area (Å²) in [5, 5.41) is 4.74. The third-order valence-corrected chi connectivity index (χ3v) is 6.48. The number of fused-ring (bicyclic) bond motifs is 1. The van der Waals surface area contributed by atoms with Crippen molar-refractivity contribution in [3.63, 3.8) is 0 Å². The Kier molecular flexibility index (Phi) is 8.37. The van der Waals surface area contributed by atoms with Crippen molar-refractivity contribution < 1.29 is 4.74 Å². The van der Waals surface area contributed by atoms with E-state index in [0.29, 0.717) is 12.6 Å². The van der Waals surface area contributed by atoms with Gasteiger partial charge in [0.05, 0.1) is 12.0 Å². The minimum atomic E-state index is 0.307. The zero-order valence-electron chi connectivity index (χ0n) is 21.4. The summed E-state index contributed by atoms with van der Waals surface area (Å²) in [5.41, 5.74) is 4.19. The van der Waals surface area contributed by atoms with Crippen molar-refractivity contribution in [1.29, 1.82) is 0 Å². The summed E-state index contributed by atoms with van der Waals surface area (Å²) in [7, 11) is 0. The molecule has 0 aliphatic carbocycles. The molecule has 0 aliphatic heterocycles. The van der Waals surface area contributed by atoms with Crippen LogP contribution in [0.1, 0.15) is 40.5 Å². The number of aromatic nitrogens is 3. The summed E-state index contributed by atoms with van der Waals surface area (Å²) >= 11 is 0. The average Bonchev–Trinajstić information content (AvgIpc) is 3.29. The topological polar surface area (TPSA) is 55.2 Å². The highest BCUT2D eigenvalue weighted by atomic mass is 16.5. The Hall–Kier alpha value is -3.38. The first-order valence-corrected chi connectivity index (χ1v) is 12.8. The summed E-state index contributed by atoms with van der Waals surface area (Å²) in [4.78, 5) is 11.9. The molecule has 4 aromatic rings. The minimum absolute atomic E-state index is 0.307. The fraction of sp³-hybridized carbons (Fsp3) is 0.379. The summed E-state index contributed by atoms with van der Waals surface area (Å²) < 4.78 is 7.78. The van der Waals surface area contributed by atoms with E-state index in [4.69, 9.17) is 9.72 Å². The molecule has 2 heterocycles. The van der Waals surface area contributed by atoms with Crippen molar-refractivity contribution in [2.24, 2.45) is 0 Å². The van der Waals surface area contributed by atoms with Crippen LogP contribution in [0.15, 0.2) is 67.1 Å². The average molecular weight is 472 g/mol. The monoisotopic (exact) mass is 471 g/mol.